The van der Waals surface area contributed by atoms with Crippen LogP contribution in [0.15, 0.2) is 5.38 Å². The van der Waals surface area contributed by atoms with E-state index in [1.807, 2.05) is 11.8 Å². The summed E-state index contributed by atoms with van der Waals surface area (Å²) < 4.78 is 0. The Hall–Kier alpha value is -0.0600. The van der Waals surface area contributed by atoms with Gasteiger partial charge in [-0.3, -0.25) is 0 Å². The molecule has 2 rings (SSSR count). The fraction of sp³-hybridized carbons (Fsp3) is 0.750. The van der Waals surface area contributed by atoms with Crippen LogP contribution in [0.2, 0.25) is 0 Å². The van der Waals surface area contributed by atoms with Crippen LogP contribution in [0.1, 0.15) is 49.7 Å². The highest BCUT2D eigenvalue weighted by Crippen LogP contribution is 2.35. The minimum Gasteiger partial charge on any atom is -0.320 e. The Morgan fingerprint density at radius 1 is 1.44 bits per heavy atom. The minimum atomic E-state index is -0.121. The van der Waals surface area contributed by atoms with Crippen LogP contribution in [-0.4, -0.2) is 10.7 Å². The molecule has 0 aromatic carbocycles. The molecule has 0 saturated heterocycles. The number of nitrogens with two attached hydrogens (primary N) is 1. The summed E-state index contributed by atoms with van der Waals surface area (Å²) >= 11 is 3.70. The second kappa shape index (κ2) is 5.52. The molecule has 4 heteroatoms. The SMILES string of the molecule is CCSCc1nc(C2(N)CCCCC2)cs1. The molecule has 1 saturated carbocycles. The van der Waals surface area contributed by atoms with E-state index in [1.165, 1.54) is 24.3 Å². The van der Waals surface area contributed by atoms with Gasteiger partial charge < -0.3 is 5.73 Å². The van der Waals surface area contributed by atoms with Gasteiger partial charge in [-0.15, -0.1) is 11.3 Å². The average Bonchev–Trinajstić information content (AvgIpc) is 2.77. The topological polar surface area (TPSA) is 38.9 Å². The number of rotatable bonds is 4. The molecule has 16 heavy (non-hydrogen) atoms. The Morgan fingerprint density at radius 2 is 2.19 bits per heavy atom. The molecule has 0 bridgehead atoms. The number of nitrogens with zero attached hydrogens (tertiary/aromatic N) is 1. The van der Waals surface area contributed by atoms with Gasteiger partial charge >= 0.3 is 0 Å². The molecule has 1 aliphatic rings. The number of hydrogen-bond donors (Lipinski definition) is 1. The van der Waals surface area contributed by atoms with Crippen molar-refractivity contribution in [1.29, 1.82) is 0 Å². The van der Waals surface area contributed by atoms with Crippen molar-refractivity contribution >= 4 is 23.1 Å². The standard InChI is InChI=1S/C12H20N2S2/c1-2-15-9-11-14-10(8-16-11)12(13)6-4-3-5-7-12/h8H,2-7,9,13H2,1H3. The van der Waals surface area contributed by atoms with Gasteiger partial charge in [0.15, 0.2) is 0 Å². The molecule has 1 aliphatic carbocycles. The first-order valence-electron chi connectivity index (χ1n) is 6.06. The summed E-state index contributed by atoms with van der Waals surface area (Å²) in [4.78, 5) is 4.72. The fourth-order valence-corrected chi connectivity index (χ4v) is 3.89. The first-order valence-corrected chi connectivity index (χ1v) is 8.09. The quantitative estimate of drug-likeness (QED) is 0.896. The van der Waals surface area contributed by atoms with Crippen LogP contribution < -0.4 is 5.73 Å². The van der Waals surface area contributed by atoms with Crippen molar-refractivity contribution < 1.29 is 0 Å². The van der Waals surface area contributed by atoms with Gasteiger partial charge in [-0.2, -0.15) is 11.8 Å². The lowest BCUT2D eigenvalue weighted by atomic mass is 9.81. The van der Waals surface area contributed by atoms with Crippen molar-refractivity contribution in [2.45, 2.75) is 50.3 Å². The van der Waals surface area contributed by atoms with Gasteiger partial charge in [0.25, 0.3) is 0 Å². The van der Waals surface area contributed by atoms with Crippen molar-refractivity contribution in [3.8, 4) is 0 Å². The maximum Gasteiger partial charge on any atom is 0.103 e. The molecule has 0 atom stereocenters. The second-order valence-electron chi connectivity index (χ2n) is 4.48. The molecule has 0 spiro atoms. The lowest BCUT2D eigenvalue weighted by Crippen LogP contribution is -2.38. The molecule has 0 radical (unpaired) electrons. The summed E-state index contributed by atoms with van der Waals surface area (Å²) in [5.74, 6) is 2.19. The Labute approximate surface area is 106 Å². The zero-order chi connectivity index (χ0) is 11.4. The number of thiazole rings is 1. The van der Waals surface area contributed by atoms with Crippen LogP contribution in [0.3, 0.4) is 0 Å². The molecule has 0 unspecified atom stereocenters. The van der Waals surface area contributed by atoms with Crippen LogP contribution in [-0.2, 0) is 11.3 Å². The molecule has 1 fully saturated rings. The average molecular weight is 256 g/mol. The molecular formula is C12H20N2S2. The third-order valence-electron chi connectivity index (χ3n) is 3.24. The molecule has 0 amide bonds. The maximum atomic E-state index is 6.46. The molecule has 1 aromatic rings. The van der Waals surface area contributed by atoms with Gasteiger partial charge in [0.05, 0.1) is 11.2 Å². The van der Waals surface area contributed by atoms with Gasteiger partial charge in [-0.1, -0.05) is 26.2 Å². The van der Waals surface area contributed by atoms with E-state index in [0.717, 1.165) is 30.0 Å². The number of aromatic nitrogens is 1. The summed E-state index contributed by atoms with van der Waals surface area (Å²) in [6.45, 7) is 2.19. The fourth-order valence-electron chi connectivity index (χ4n) is 2.23. The van der Waals surface area contributed by atoms with Crippen molar-refractivity contribution in [3.63, 3.8) is 0 Å². The highest BCUT2D eigenvalue weighted by Gasteiger charge is 2.31. The van der Waals surface area contributed by atoms with E-state index in [9.17, 15) is 0 Å². The normalized spacial score (nSPS) is 19.9. The van der Waals surface area contributed by atoms with Crippen molar-refractivity contribution in [2.24, 2.45) is 5.73 Å². The maximum absolute atomic E-state index is 6.46. The molecular weight excluding hydrogens is 236 g/mol. The molecule has 0 aliphatic heterocycles. The predicted molar refractivity (Wildman–Crippen MR) is 72.9 cm³/mol. The Kier molecular flexibility index (Phi) is 4.27. The Balaban J connectivity index is 2.05. The second-order valence-corrected chi connectivity index (χ2v) is 6.70. The Morgan fingerprint density at radius 3 is 2.88 bits per heavy atom. The first kappa shape index (κ1) is 12.4. The highest BCUT2D eigenvalue weighted by molar-refractivity contribution is 7.98. The third kappa shape index (κ3) is 2.79. The van der Waals surface area contributed by atoms with Crippen LogP contribution in [0.25, 0.3) is 0 Å². The summed E-state index contributed by atoms with van der Waals surface area (Å²) in [6, 6.07) is 0. The van der Waals surface area contributed by atoms with Crippen LogP contribution in [0, 0.1) is 0 Å². The van der Waals surface area contributed by atoms with Crippen molar-refractivity contribution in [1.82, 2.24) is 4.98 Å². The van der Waals surface area contributed by atoms with Crippen LogP contribution >= 0.6 is 23.1 Å². The van der Waals surface area contributed by atoms with Gasteiger partial charge in [0.1, 0.15) is 5.01 Å². The molecule has 2 N–H and O–H groups in total. The van der Waals surface area contributed by atoms with E-state index < -0.39 is 0 Å². The van der Waals surface area contributed by atoms with E-state index in [2.05, 4.69) is 12.3 Å². The van der Waals surface area contributed by atoms with Crippen molar-refractivity contribution in [3.05, 3.63) is 16.1 Å². The summed E-state index contributed by atoms with van der Waals surface area (Å²) in [5.41, 5.74) is 7.48. The predicted octanol–water partition coefficient (Wildman–Crippen LogP) is 3.51. The van der Waals surface area contributed by atoms with E-state index >= 15 is 0 Å². The van der Waals surface area contributed by atoms with E-state index in [0.29, 0.717) is 0 Å². The monoisotopic (exact) mass is 256 g/mol. The molecule has 1 heterocycles. The minimum absolute atomic E-state index is 0.121. The van der Waals surface area contributed by atoms with Gasteiger partial charge in [-0.05, 0) is 18.6 Å². The largest absolute Gasteiger partial charge is 0.320 e. The number of hydrogen-bond acceptors (Lipinski definition) is 4. The zero-order valence-electron chi connectivity index (χ0n) is 9.87. The molecule has 1 aromatic heterocycles. The van der Waals surface area contributed by atoms with Crippen molar-refractivity contribution in [2.75, 3.05) is 5.75 Å². The zero-order valence-corrected chi connectivity index (χ0v) is 11.5. The lowest BCUT2D eigenvalue weighted by molar-refractivity contribution is 0.296. The summed E-state index contributed by atoms with van der Waals surface area (Å²) in [7, 11) is 0. The number of thioether (sulfide) groups is 1. The van der Waals surface area contributed by atoms with E-state index in [-0.39, 0.29) is 5.54 Å². The molecule has 90 valence electrons. The molecule has 2 nitrogen and oxygen atoms in total. The Bertz CT molecular complexity index is 330. The highest BCUT2D eigenvalue weighted by atomic mass is 32.2. The lowest BCUT2D eigenvalue weighted by Gasteiger charge is -2.31. The van der Waals surface area contributed by atoms with Gasteiger partial charge in [0.2, 0.25) is 0 Å². The third-order valence-corrected chi connectivity index (χ3v) is 5.15. The summed E-state index contributed by atoms with van der Waals surface area (Å²) in [6.07, 6.45) is 6.07. The van der Waals surface area contributed by atoms with Crippen LogP contribution in [0.4, 0.5) is 0 Å². The van der Waals surface area contributed by atoms with E-state index in [1.54, 1.807) is 11.3 Å². The first-order chi connectivity index (χ1) is 7.74. The van der Waals surface area contributed by atoms with Crippen LogP contribution in [0.5, 0.6) is 0 Å². The van der Waals surface area contributed by atoms with Gasteiger partial charge in [0, 0.05) is 11.1 Å². The van der Waals surface area contributed by atoms with Gasteiger partial charge in [-0.25, -0.2) is 4.98 Å². The smallest absolute Gasteiger partial charge is 0.103 e. The summed E-state index contributed by atoms with van der Waals surface area (Å²) in [5, 5.41) is 3.41. The van der Waals surface area contributed by atoms with E-state index in [4.69, 9.17) is 10.7 Å².